The minimum Gasteiger partial charge on any atom is -0.422 e. The molecule has 4 aromatic rings. The Bertz CT molecular complexity index is 1100. The van der Waals surface area contributed by atoms with E-state index in [1.807, 2.05) is 53.9 Å². The maximum Gasteiger partial charge on any atom is 0.347 e. The van der Waals surface area contributed by atoms with E-state index in [2.05, 4.69) is 5.32 Å². The molecule has 5 heteroatoms. The molecule has 0 radical (unpaired) electrons. The normalized spacial score (nSPS) is 11.0. The average molecular weight is 335 g/mol. The molecule has 24 heavy (non-hydrogen) atoms. The molecule has 0 atom stereocenters. The molecule has 0 fully saturated rings. The summed E-state index contributed by atoms with van der Waals surface area (Å²) in [5.74, 6) is -0.155. The van der Waals surface area contributed by atoms with Crippen LogP contribution in [0.1, 0.15) is 5.56 Å². The Hall–Kier alpha value is -2.92. The topological polar surface area (TPSA) is 59.3 Å². The van der Waals surface area contributed by atoms with Crippen molar-refractivity contribution >= 4 is 44.0 Å². The lowest BCUT2D eigenvalue weighted by Crippen LogP contribution is -2.14. The van der Waals surface area contributed by atoms with Gasteiger partial charge in [-0.25, -0.2) is 4.79 Å². The molecule has 0 unspecified atom stereocenters. The molecule has 2 aromatic carbocycles. The number of anilines is 1. The zero-order chi connectivity index (χ0) is 16.5. The van der Waals surface area contributed by atoms with Crippen LogP contribution in [0.3, 0.4) is 0 Å². The number of carbonyl (C=O) groups is 1. The van der Waals surface area contributed by atoms with Crippen LogP contribution < -0.4 is 10.9 Å². The first kappa shape index (κ1) is 14.7. The molecule has 0 saturated heterocycles. The van der Waals surface area contributed by atoms with Gasteiger partial charge in [0.25, 0.3) is 0 Å². The summed E-state index contributed by atoms with van der Waals surface area (Å²) in [6.45, 7) is 0. The number of hydrogen-bond acceptors (Lipinski definition) is 4. The first-order valence-corrected chi connectivity index (χ1v) is 8.37. The molecular formula is C19H13NO3S. The number of nitrogens with one attached hydrogen (secondary N) is 1. The van der Waals surface area contributed by atoms with Gasteiger partial charge in [0.05, 0.1) is 6.42 Å². The van der Waals surface area contributed by atoms with Gasteiger partial charge in [-0.3, -0.25) is 4.79 Å². The Morgan fingerprint density at radius 1 is 1.00 bits per heavy atom. The number of para-hydroxylation sites is 1. The van der Waals surface area contributed by atoms with Gasteiger partial charge in [0.15, 0.2) is 0 Å². The van der Waals surface area contributed by atoms with Gasteiger partial charge in [-0.15, -0.1) is 11.3 Å². The second-order valence-corrected chi connectivity index (χ2v) is 6.33. The fourth-order valence-electron chi connectivity index (χ4n) is 2.73. The third-order valence-corrected chi connectivity index (χ3v) is 4.73. The van der Waals surface area contributed by atoms with Gasteiger partial charge in [0.2, 0.25) is 5.91 Å². The number of amides is 1. The number of fused-ring (bicyclic) bond motifs is 3. The van der Waals surface area contributed by atoms with E-state index in [0.29, 0.717) is 16.0 Å². The van der Waals surface area contributed by atoms with Gasteiger partial charge in [-0.1, -0.05) is 48.5 Å². The van der Waals surface area contributed by atoms with Crippen LogP contribution in [0, 0.1) is 0 Å². The highest BCUT2D eigenvalue weighted by Gasteiger charge is 2.15. The van der Waals surface area contributed by atoms with Gasteiger partial charge in [0.1, 0.15) is 16.0 Å². The Morgan fingerprint density at radius 3 is 2.58 bits per heavy atom. The van der Waals surface area contributed by atoms with Gasteiger partial charge >= 0.3 is 5.63 Å². The average Bonchev–Trinajstić information content (AvgIpc) is 3.00. The quantitative estimate of drug-likeness (QED) is 0.571. The number of benzene rings is 2. The minimum absolute atomic E-state index is 0.155. The molecule has 2 aromatic heterocycles. The van der Waals surface area contributed by atoms with Crippen LogP contribution >= 0.6 is 11.3 Å². The van der Waals surface area contributed by atoms with Crippen LogP contribution in [0.5, 0.6) is 0 Å². The van der Waals surface area contributed by atoms with E-state index in [4.69, 9.17) is 4.42 Å². The summed E-state index contributed by atoms with van der Waals surface area (Å²) in [6, 6.07) is 16.9. The predicted molar refractivity (Wildman–Crippen MR) is 96.6 cm³/mol. The van der Waals surface area contributed by atoms with E-state index in [9.17, 15) is 9.59 Å². The van der Waals surface area contributed by atoms with Crippen molar-refractivity contribution in [3.63, 3.8) is 0 Å². The van der Waals surface area contributed by atoms with E-state index >= 15 is 0 Å². The summed E-state index contributed by atoms with van der Waals surface area (Å²) in [6.07, 6.45) is 0.263. The summed E-state index contributed by atoms with van der Waals surface area (Å²) in [5, 5.41) is 7.36. The Labute approximate surface area is 141 Å². The SMILES string of the molecule is O=C(Cc1ccccc1)Nc1scc2c1c(=O)oc1ccccc12. The van der Waals surface area contributed by atoms with Gasteiger partial charge < -0.3 is 9.73 Å². The zero-order valence-corrected chi connectivity index (χ0v) is 13.4. The van der Waals surface area contributed by atoms with Crippen molar-refractivity contribution in [3.8, 4) is 0 Å². The molecule has 0 aliphatic rings. The number of hydrogen-bond donors (Lipinski definition) is 1. The molecule has 4 rings (SSSR count). The van der Waals surface area contributed by atoms with Crippen molar-refractivity contribution in [2.45, 2.75) is 6.42 Å². The summed E-state index contributed by atoms with van der Waals surface area (Å²) < 4.78 is 5.37. The van der Waals surface area contributed by atoms with E-state index < -0.39 is 5.63 Å². The molecule has 118 valence electrons. The largest absolute Gasteiger partial charge is 0.422 e. The first-order chi connectivity index (χ1) is 11.7. The summed E-state index contributed by atoms with van der Waals surface area (Å²) in [4.78, 5) is 24.6. The second kappa shape index (κ2) is 5.94. The number of carbonyl (C=O) groups excluding carboxylic acids is 1. The van der Waals surface area contributed by atoms with Crippen LogP contribution in [0.2, 0.25) is 0 Å². The fraction of sp³-hybridized carbons (Fsp3) is 0.0526. The molecule has 4 nitrogen and oxygen atoms in total. The van der Waals surface area contributed by atoms with Gasteiger partial charge in [0, 0.05) is 16.2 Å². The predicted octanol–water partition coefficient (Wildman–Crippen LogP) is 4.19. The molecule has 0 spiro atoms. The monoisotopic (exact) mass is 335 g/mol. The maximum atomic E-state index is 12.3. The fourth-order valence-corrected chi connectivity index (χ4v) is 3.70. The highest BCUT2D eigenvalue weighted by atomic mass is 32.1. The summed E-state index contributed by atoms with van der Waals surface area (Å²) in [5.41, 5.74) is 1.04. The minimum atomic E-state index is -0.431. The van der Waals surface area contributed by atoms with Crippen LogP contribution in [-0.4, -0.2) is 5.91 Å². The Morgan fingerprint density at radius 2 is 1.75 bits per heavy atom. The van der Waals surface area contributed by atoms with E-state index in [1.54, 1.807) is 6.07 Å². The Kier molecular flexibility index (Phi) is 3.63. The highest BCUT2D eigenvalue weighted by molar-refractivity contribution is 7.16. The van der Waals surface area contributed by atoms with Gasteiger partial charge in [-0.2, -0.15) is 0 Å². The number of rotatable bonds is 3. The van der Waals surface area contributed by atoms with Crippen molar-refractivity contribution < 1.29 is 9.21 Å². The lowest BCUT2D eigenvalue weighted by molar-refractivity contribution is -0.115. The highest BCUT2D eigenvalue weighted by Crippen LogP contribution is 2.33. The molecule has 1 N–H and O–H groups in total. The molecular weight excluding hydrogens is 322 g/mol. The van der Waals surface area contributed by atoms with Crippen LogP contribution in [0.15, 0.2) is 69.2 Å². The summed E-state index contributed by atoms with van der Waals surface area (Å²) >= 11 is 1.34. The standard InChI is InChI=1S/C19H13NO3S/c21-16(10-12-6-2-1-3-7-12)20-18-17-14(11-24-18)13-8-4-5-9-15(13)23-19(17)22/h1-9,11H,10H2,(H,20,21). The van der Waals surface area contributed by atoms with E-state index in [0.717, 1.165) is 16.3 Å². The number of thiophene rings is 1. The zero-order valence-electron chi connectivity index (χ0n) is 12.6. The molecule has 2 heterocycles. The van der Waals surface area contributed by atoms with Crippen molar-refractivity contribution in [2.75, 3.05) is 5.32 Å². The molecule has 0 aliphatic heterocycles. The van der Waals surface area contributed by atoms with Crippen LogP contribution in [0.25, 0.3) is 21.7 Å². The summed E-state index contributed by atoms with van der Waals surface area (Å²) in [7, 11) is 0. The lowest BCUT2D eigenvalue weighted by Gasteiger charge is -2.04. The first-order valence-electron chi connectivity index (χ1n) is 7.49. The smallest absolute Gasteiger partial charge is 0.347 e. The van der Waals surface area contributed by atoms with Crippen LogP contribution in [-0.2, 0) is 11.2 Å². The molecule has 0 saturated carbocycles. The molecule has 0 aliphatic carbocycles. The third-order valence-electron chi connectivity index (χ3n) is 3.84. The van der Waals surface area contributed by atoms with Crippen molar-refractivity contribution in [2.24, 2.45) is 0 Å². The van der Waals surface area contributed by atoms with Crippen molar-refractivity contribution in [1.29, 1.82) is 0 Å². The molecule has 0 bridgehead atoms. The maximum absolute atomic E-state index is 12.3. The van der Waals surface area contributed by atoms with E-state index in [-0.39, 0.29) is 12.3 Å². The van der Waals surface area contributed by atoms with Crippen molar-refractivity contribution in [3.05, 3.63) is 76.0 Å². The van der Waals surface area contributed by atoms with E-state index in [1.165, 1.54) is 11.3 Å². The lowest BCUT2D eigenvalue weighted by atomic mass is 10.1. The Balaban J connectivity index is 1.71. The second-order valence-electron chi connectivity index (χ2n) is 5.45. The van der Waals surface area contributed by atoms with Gasteiger partial charge in [-0.05, 0) is 11.6 Å². The van der Waals surface area contributed by atoms with Crippen molar-refractivity contribution in [1.82, 2.24) is 0 Å². The van der Waals surface area contributed by atoms with Crippen LogP contribution in [0.4, 0.5) is 5.00 Å². The third kappa shape index (κ3) is 2.59. The molecule has 1 amide bonds.